The molecule has 0 aliphatic rings. The number of amides is 1. The highest BCUT2D eigenvalue weighted by molar-refractivity contribution is 5.73. The van der Waals surface area contributed by atoms with Gasteiger partial charge in [-0.05, 0) is 12.0 Å². The van der Waals surface area contributed by atoms with Gasteiger partial charge in [0.2, 0.25) is 5.91 Å². The normalized spacial score (nSPS) is 12.1. The summed E-state index contributed by atoms with van der Waals surface area (Å²) in [6, 6.07) is 9.59. The Bertz CT molecular complexity index is 285. The summed E-state index contributed by atoms with van der Waals surface area (Å²) >= 11 is 0. The van der Waals surface area contributed by atoms with Crippen LogP contribution in [0, 0.1) is 0 Å². The standard InChI is InChI=1S/C11H15NO2/c1-9(14)12-11(8-13)7-10-5-3-2-4-6-10/h2-6,11,13H,7-8H2,1H3,(H,12,14). The van der Waals surface area contributed by atoms with Gasteiger partial charge in [-0.3, -0.25) is 4.79 Å². The highest BCUT2D eigenvalue weighted by atomic mass is 16.3. The van der Waals surface area contributed by atoms with E-state index in [1.54, 1.807) is 0 Å². The molecule has 3 heteroatoms. The van der Waals surface area contributed by atoms with Crippen molar-refractivity contribution in [1.29, 1.82) is 0 Å². The van der Waals surface area contributed by atoms with Crippen molar-refractivity contribution in [3.63, 3.8) is 0 Å². The van der Waals surface area contributed by atoms with Gasteiger partial charge in [-0.1, -0.05) is 30.3 Å². The minimum Gasteiger partial charge on any atom is -0.394 e. The third-order valence-electron chi connectivity index (χ3n) is 1.95. The molecular weight excluding hydrogens is 178 g/mol. The van der Waals surface area contributed by atoms with Crippen LogP contribution in [0.25, 0.3) is 0 Å². The Kier molecular flexibility index (Phi) is 4.13. The molecule has 1 amide bonds. The monoisotopic (exact) mass is 193 g/mol. The molecule has 0 bridgehead atoms. The molecule has 14 heavy (non-hydrogen) atoms. The van der Waals surface area contributed by atoms with Crippen LogP contribution in [-0.2, 0) is 11.2 Å². The maximum Gasteiger partial charge on any atom is 0.217 e. The lowest BCUT2D eigenvalue weighted by Crippen LogP contribution is -2.37. The van der Waals surface area contributed by atoms with Gasteiger partial charge < -0.3 is 10.4 Å². The Balaban J connectivity index is 2.53. The molecule has 1 aromatic carbocycles. The van der Waals surface area contributed by atoms with E-state index in [4.69, 9.17) is 5.11 Å². The molecule has 0 aliphatic heterocycles. The van der Waals surface area contributed by atoms with Gasteiger partial charge in [0.25, 0.3) is 0 Å². The number of hydrogen-bond donors (Lipinski definition) is 2. The molecule has 0 heterocycles. The highest BCUT2D eigenvalue weighted by Gasteiger charge is 2.08. The first-order valence-electron chi connectivity index (χ1n) is 4.64. The van der Waals surface area contributed by atoms with E-state index in [0.29, 0.717) is 6.42 Å². The second-order valence-electron chi connectivity index (χ2n) is 3.27. The molecule has 0 radical (unpaired) electrons. The van der Waals surface area contributed by atoms with E-state index in [0.717, 1.165) is 5.56 Å². The Morgan fingerprint density at radius 2 is 2.07 bits per heavy atom. The zero-order chi connectivity index (χ0) is 10.4. The molecule has 76 valence electrons. The first-order valence-corrected chi connectivity index (χ1v) is 4.64. The Morgan fingerprint density at radius 1 is 1.43 bits per heavy atom. The average molecular weight is 193 g/mol. The van der Waals surface area contributed by atoms with Crippen molar-refractivity contribution in [2.75, 3.05) is 6.61 Å². The van der Waals surface area contributed by atoms with Crippen LogP contribution in [0.5, 0.6) is 0 Å². The van der Waals surface area contributed by atoms with Crippen LogP contribution in [0.2, 0.25) is 0 Å². The van der Waals surface area contributed by atoms with E-state index in [-0.39, 0.29) is 18.6 Å². The van der Waals surface area contributed by atoms with Crippen molar-refractivity contribution in [2.45, 2.75) is 19.4 Å². The Morgan fingerprint density at radius 3 is 2.57 bits per heavy atom. The molecule has 0 spiro atoms. The van der Waals surface area contributed by atoms with Crippen LogP contribution < -0.4 is 5.32 Å². The second-order valence-corrected chi connectivity index (χ2v) is 3.27. The van der Waals surface area contributed by atoms with Crippen LogP contribution in [-0.4, -0.2) is 23.7 Å². The molecule has 1 unspecified atom stereocenters. The number of rotatable bonds is 4. The fraction of sp³-hybridized carbons (Fsp3) is 0.364. The van der Waals surface area contributed by atoms with E-state index in [2.05, 4.69) is 5.32 Å². The second kappa shape index (κ2) is 5.40. The molecule has 1 rings (SSSR count). The lowest BCUT2D eigenvalue weighted by atomic mass is 10.1. The van der Waals surface area contributed by atoms with E-state index < -0.39 is 0 Å². The summed E-state index contributed by atoms with van der Waals surface area (Å²) < 4.78 is 0. The molecule has 1 atom stereocenters. The number of benzene rings is 1. The van der Waals surface area contributed by atoms with Gasteiger partial charge in [0, 0.05) is 6.92 Å². The van der Waals surface area contributed by atoms with Gasteiger partial charge >= 0.3 is 0 Å². The minimum atomic E-state index is -0.185. The van der Waals surface area contributed by atoms with Gasteiger partial charge in [-0.25, -0.2) is 0 Å². The average Bonchev–Trinajstić information content (AvgIpc) is 2.17. The zero-order valence-electron chi connectivity index (χ0n) is 8.23. The largest absolute Gasteiger partial charge is 0.394 e. The van der Waals surface area contributed by atoms with Crippen molar-refractivity contribution in [1.82, 2.24) is 5.32 Å². The molecule has 0 aliphatic carbocycles. The SMILES string of the molecule is CC(=O)NC(CO)Cc1ccccc1. The van der Waals surface area contributed by atoms with E-state index in [1.165, 1.54) is 6.92 Å². The van der Waals surface area contributed by atoms with Crippen LogP contribution >= 0.6 is 0 Å². The smallest absolute Gasteiger partial charge is 0.217 e. The Hall–Kier alpha value is -1.35. The predicted octanol–water partition coefficient (Wildman–Crippen LogP) is 0.726. The third-order valence-corrected chi connectivity index (χ3v) is 1.95. The van der Waals surface area contributed by atoms with Gasteiger partial charge in [-0.2, -0.15) is 0 Å². The van der Waals surface area contributed by atoms with Crippen molar-refractivity contribution in [2.24, 2.45) is 0 Å². The summed E-state index contributed by atoms with van der Waals surface area (Å²) in [5.41, 5.74) is 1.11. The fourth-order valence-corrected chi connectivity index (χ4v) is 1.35. The van der Waals surface area contributed by atoms with Crippen molar-refractivity contribution < 1.29 is 9.90 Å². The van der Waals surface area contributed by atoms with Gasteiger partial charge in [0.05, 0.1) is 12.6 Å². The first kappa shape index (κ1) is 10.7. The maximum atomic E-state index is 10.8. The topological polar surface area (TPSA) is 49.3 Å². The summed E-state index contributed by atoms with van der Waals surface area (Å²) in [5.74, 6) is -0.111. The van der Waals surface area contributed by atoms with Crippen LogP contribution in [0.3, 0.4) is 0 Å². The molecule has 0 aromatic heterocycles. The van der Waals surface area contributed by atoms with Crippen LogP contribution in [0.4, 0.5) is 0 Å². The molecule has 3 nitrogen and oxygen atoms in total. The first-order chi connectivity index (χ1) is 6.72. The summed E-state index contributed by atoms with van der Waals surface area (Å²) in [4.78, 5) is 10.8. The van der Waals surface area contributed by atoms with Crippen molar-refractivity contribution in [3.05, 3.63) is 35.9 Å². The quantitative estimate of drug-likeness (QED) is 0.740. The molecule has 0 saturated heterocycles. The fourth-order valence-electron chi connectivity index (χ4n) is 1.35. The van der Waals surface area contributed by atoms with Gasteiger partial charge in [-0.15, -0.1) is 0 Å². The predicted molar refractivity (Wildman–Crippen MR) is 54.8 cm³/mol. The summed E-state index contributed by atoms with van der Waals surface area (Å²) in [6.07, 6.45) is 0.664. The molecule has 0 saturated carbocycles. The highest BCUT2D eigenvalue weighted by Crippen LogP contribution is 2.02. The number of hydrogen-bond acceptors (Lipinski definition) is 2. The van der Waals surface area contributed by atoms with E-state index in [1.807, 2.05) is 30.3 Å². The summed E-state index contributed by atoms with van der Waals surface area (Å²) in [5, 5.41) is 11.7. The third kappa shape index (κ3) is 3.58. The van der Waals surface area contributed by atoms with Gasteiger partial charge in [0.15, 0.2) is 0 Å². The van der Waals surface area contributed by atoms with Gasteiger partial charge in [0.1, 0.15) is 0 Å². The van der Waals surface area contributed by atoms with E-state index in [9.17, 15) is 4.79 Å². The number of aliphatic hydroxyl groups is 1. The van der Waals surface area contributed by atoms with E-state index >= 15 is 0 Å². The lowest BCUT2D eigenvalue weighted by Gasteiger charge is -2.14. The zero-order valence-corrected chi connectivity index (χ0v) is 8.23. The summed E-state index contributed by atoms with van der Waals surface area (Å²) in [6.45, 7) is 1.42. The molecule has 0 fully saturated rings. The Labute approximate surface area is 83.8 Å². The maximum absolute atomic E-state index is 10.8. The lowest BCUT2D eigenvalue weighted by molar-refractivity contribution is -0.119. The number of carbonyl (C=O) groups is 1. The van der Waals surface area contributed by atoms with Crippen molar-refractivity contribution >= 4 is 5.91 Å². The molecular formula is C11H15NO2. The number of aliphatic hydroxyl groups excluding tert-OH is 1. The minimum absolute atomic E-state index is 0.0333. The number of carbonyl (C=O) groups excluding carboxylic acids is 1. The van der Waals surface area contributed by atoms with Crippen LogP contribution in [0.15, 0.2) is 30.3 Å². The molecule has 1 aromatic rings. The summed E-state index contributed by atoms with van der Waals surface area (Å²) in [7, 11) is 0. The molecule has 2 N–H and O–H groups in total. The number of nitrogens with one attached hydrogen (secondary N) is 1. The van der Waals surface area contributed by atoms with Crippen molar-refractivity contribution in [3.8, 4) is 0 Å². The van der Waals surface area contributed by atoms with Crippen LogP contribution in [0.1, 0.15) is 12.5 Å².